The maximum atomic E-state index is 11.6. The molecule has 0 spiro atoms. The topological polar surface area (TPSA) is 40.5 Å². The van der Waals surface area contributed by atoms with E-state index in [1.807, 2.05) is 13.1 Å². The van der Waals surface area contributed by atoms with Crippen LogP contribution < -0.4 is 4.90 Å². The van der Waals surface area contributed by atoms with Crippen molar-refractivity contribution in [1.82, 2.24) is 0 Å². The number of amides is 1. The largest absolute Gasteiger partial charge is 0.396 e. The number of unbranched alkanes of at least 4 members (excludes halogenated alkanes) is 1. The molecule has 0 unspecified atom stereocenters. The van der Waals surface area contributed by atoms with Crippen LogP contribution in [0.15, 0.2) is 18.2 Å². The summed E-state index contributed by atoms with van der Waals surface area (Å²) < 4.78 is 0. The molecule has 1 aliphatic rings. The molecule has 2 rings (SSSR count). The highest BCUT2D eigenvalue weighted by atomic mass is 16.2. The van der Waals surface area contributed by atoms with Gasteiger partial charge in [-0.05, 0) is 42.9 Å². The molecule has 0 atom stereocenters. The zero-order valence-electron chi connectivity index (χ0n) is 10.3. The third-order valence-corrected chi connectivity index (χ3v) is 3.36. The minimum absolute atomic E-state index is 0.200. The number of aliphatic hydroxyl groups excluding tert-OH is 1. The number of carbonyl (C=O) groups is 1. The Morgan fingerprint density at radius 3 is 2.88 bits per heavy atom. The molecule has 1 aromatic rings. The van der Waals surface area contributed by atoms with Crippen molar-refractivity contribution in [3.05, 3.63) is 29.3 Å². The lowest BCUT2D eigenvalue weighted by atomic mass is 9.97. The summed E-state index contributed by atoms with van der Waals surface area (Å²) in [6.07, 6.45) is 4.35. The van der Waals surface area contributed by atoms with Gasteiger partial charge in [0, 0.05) is 25.8 Å². The van der Waals surface area contributed by atoms with E-state index in [4.69, 9.17) is 5.11 Å². The predicted molar refractivity (Wildman–Crippen MR) is 68.2 cm³/mol. The van der Waals surface area contributed by atoms with E-state index >= 15 is 0 Å². The Hall–Kier alpha value is -1.35. The highest BCUT2D eigenvalue weighted by Gasteiger charge is 2.20. The van der Waals surface area contributed by atoms with Gasteiger partial charge in [0.1, 0.15) is 0 Å². The molecule has 0 aromatic heterocycles. The van der Waals surface area contributed by atoms with Crippen LogP contribution in [0.25, 0.3) is 0 Å². The number of aryl methyl sites for hydroxylation is 2. The van der Waals surface area contributed by atoms with E-state index in [9.17, 15) is 4.79 Å². The van der Waals surface area contributed by atoms with Gasteiger partial charge in [0.2, 0.25) is 5.91 Å². The summed E-state index contributed by atoms with van der Waals surface area (Å²) in [6, 6.07) is 6.33. The zero-order valence-corrected chi connectivity index (χ0v) is 10.3. The van der Waals surface area contributed by atoms with Crippen LogP contribution >= 0.6 is 0 Å². The van der Waals surface area contributed by atoms with E-state index in [2.05, 4.69) is 12.1 Å². The molecule has 1 aliphatic heterocycles. The number of fused-ring (bicyclic) bond motifs is 1. The fourth-order valence-electron chi connectivity index (χ4n) is 2.31. The van der Waals surface area contributed by atoms with Gasteiger partial charge < -0.3 is 10.0 Å². The minimum Gasteiger partial charge on any atom is -0.396 e. The summed E-state index contributed by atoms with van der Waals surface area (Å²) in [4.78, 5) is 13.3. The first-order chi connectivity index (χ1) is 8.22. The van der Waals surface area contributed by atoms with Gasteiger partial charge in [-0.1, -0.05) is 12.1 Å². The molecule has 0 radical (unpaired) electrons. The Balaban J connectivity index is 2.12. The summed E-state index contributed by atoms with van der Waals surface area (Å²) in [5, 5.41) is 8.76. The lowest BCUT2D eigenvalue weighted by Gasteiger charge is -2.26. The fraction of sp³-hybridized carbons (Fsp3) is 0.500. The summed E-state index contributed by atoms with van der Waals surface area (Å²) in [7, 11) is 1.84. The smallest absolute Gasteiger partial charge is 0.227 e. The van der Waals surface area contributed by atoms with Gasteiger partial charge in [-0.2, -0.15) is 0 Å². The summed E-state index contributed by atoms with van der Waals surface area (Å²) in [6.45, 7) is 0.266. The van der Waals surface area contributed by atoms with Crippen LogP contribution in [0.4, 0.5) is 5.69 Å². The number of nitrogens with zero attached hydrogens (tertiary/aromatic N) is 1. The molecule has 1 N–H and O–H groups in total. The van der Waals surface area contributed by atoms with E-state index in [0.29, 0.717) is 6.42 Å². The second-order valence-electron chi connectivity index (χ2n) is 4.60. The Morgan fingerprint density at radius 1 is 1.29 bits per heavy atom. The molecule has 0 aliphatic carbocycles. The third kappa shape index (κ3) is 2.67. The third-order valence-electron chi connectivity index (χ3n) is 3.36. The van der Waals surface area contributed by atoms with E-state index in [0.717, 1.165) is 31.4 Å². The molecule has 0 fully saturated rings. The standard InChI is InChI=1S/C14H19NO2/c1-15-13-7-5-11(4-2-3-9-16)10-12(13)6-8-14(15)17/h5,7,10,16H,2-4,6,8-9H2,1H3. The Kier molecular flexibility index (Phi) is 3.79. The van der Waals surface area contributed by atoms with Crippen LogP contribution in [0.1, 0.15) is 30.4 Å². The Labute approximate surface area is 102 Å². The quantitative estimate of drug-likeness (QED) is 0.807. The number of benzene rings is 1. The van der Waals surface area contributed by atoms with Crippen LogP contribution in [0, 0.1) is 0 Å². The van der Waals surface area contributed by atoms with Crippen LogP contribution in [-0.2, 0) is 17.6 Å². The molecular formula is C14H19NO2. The number of carbonyl (C=O) groups excluding carboxylic acids is 1. The van der Waals surface area contributed by atoms with Crippen molar-refractivity contribution in [3.63, 3.8) is 0 Å². The molecule has 1 aromatic carbocycles. The van der Waals surface area contributed by atoms with Gasteiger partial charge in [0.05, 0.1) is 0 Å². The van der Waals surface area contributed by atoms with Crippen molar-refractivity contribution >= 4 is 11.6 Å². The van der Waals surface area contributed by atoms with Crippen LogP contribution in [-0.4, -0.2) is 24.7 Å². The minimum atomic E-state index is 0.200. The Bertz CT molecular complexity index is 415. The lowest BCUT2D eigenvalue weighted by Crippen LogP contribution is -2.31. The van der Waals surface area contributed by atoms with Crippen molar-refractivity contribution in [3.8, 4) is 0 Å². The monoisotopic (exact) mass is 233 g/mol. The van der Waals surface area contributed by atoms with Crippen molar-refractivity contribution in [1.29, 1.82) is 0 Å². The van der Waals surface area contributed by atoms with E-state index in [-0.39, 0.29) is 12.5 Å². The van der Waals surface area contributed by atoms with Gasteiger partial charge in [0.25, 0.3) is 0 Å². The molecule has 0 saturated carbocycles. The van der Waals surface area contributed by atoms with Crippen LogP contribution in [0.5, 0.6) is 0 Å². The molecule has 0 bridgehead atoms. The van der Waals surface area contributed by atoms with E-state index in [1.165, 1.54) is 11.1 Å². The molecule has 1 heterocycles. The van der Waals surface area contributed by atoms with E-state index in [1.54, 1.807) is 4.90 Å². The van der Waals surface area contributed by atoms with Crippen molar-refractivity contribution in [2.75, 3.05) is 18.6 Å². The van der Waals surface area contributed by atoms with Gasteiger partial charge in [-0.3, -0.25) is 4.79 Å². The number of anilines is 1. The molecule has 17 heavy (non-hydrogen) atoms. The SMILES string of the molecule is CN1C(=O)CCc2cc(CCCCO)ccc21. The van der Waals surface area contributed by atoms with Crippen molar-refractivity contribution in [2.45, 2.75) is 32.1 Å². The normalized spacial score (nSPS) is 14.9. The van der Waals surface area contributed by atoms with Gasteiger partial charge in [0.15, 0.2) is 0 Å². The van der Waals surface area contributed by atoms with Crippen LogP contribution in [0.2, 0.25) is 0 Å². The number of rotatable bonds is 4. The molecule has 92 valence electrons. The summed E-state index contributed by atoms with van der Waals surface area (Å²) >= 11 is 0. The van der Waals surface area contributed by atoms with E-state index < -0.39 is 0 Å². The first-order valence-electron chi connectivity index (χ1n) is 6.21. The maximum absolute atomic E-state index is 11.6. The summed E-state index contributed by atoms with van der Waals surface area (Å²) in [5.41, 5.74) is 3.63. The first-order valence-corrected chi connectivity index (χ1v) is 6.21. The average molecular weight is 233 g/mol. The van der Waals surface area contributed by atoms with Gasteiger partial charge in [-0.15, -0.1) is 0 Å². The Morgan fingerprint density at radius 2 is 2.12 bits per heavy atom. The molecule has 0 saturated heterocycles. The molecule has 1 amide bonds. The fourth-order valence-corrected chi connectivity index (χ4v) is 2.31. The van der Waals surface area contributed by atoms with Gasteiger partial charge >= 0.3 is 0 Å². The van der Waals surface area contributed by atoms with Crippen molar-refractivity contribution in [2.24, 2.45) is 0 Å². The molecular weight excluding hydrogens is 214 g/mol. The predicted octanol–water partition coefficient (Wildman–Crippen LogP) is 1.91. The highest BCUT2D eigenvalue weighted by Crippen LogP contribution is 2.27. The summed E-state index contributed by atoms with van der Waals surface area (Å²) in [5.74, 6) is 0.200. The second-order valence-corrected chi connectivity index (χ2v) is 4.60. The van der Waals surface area contributed by atoms with Crippen molar-refractivity contribution < 1.29 is 9.90 Å². The number of hydrogen-bond acceptors (Lipinski definition) is 2. The second kappa shape index (κ2) is 5.32. The molecule has 3 heteroatoms. The highest BCUT2D eigenvalue weighted by molar-refractivity contribution is 5.95. The zero-order chi connectivity index (χ0) is 12.3. The number of hydrogen-bond donors (Lipinski definition) is 1. The molecule has 3 nitrogen and oxygen atoms in total. The average Bonchev–Trinajstić information content (AvgIpc) is 2.34. The first kappa shape index (κ1) is 12.1. The maximum Gasteiger partial charge on any atom is 0.227 e. The lowest BCUT2D eigenvalue weighted by molar-refractivity contribution is -0.118. The van der Waals surface area contributed by atoms with Crippen LogP contribution in [0.3, 0.4) is 0 Å². The van der Waals surface area contributed by atoms with Gasteiger partial charge in [-0.25, -0.2) is 0 Å². The number of aliphatic hydroxyl groups is 1.